The lowest BCUT2D eigenvalue weighted by molar-refractivity contribution is 0.301. The molecule has 0 amide bonds. The van der Waals surface area contributed by atoms with Gasteiger partial charge >= 0.3 is 0 Å². The van der Waals surface area contributed by atoms with Gasteiger partial charge in [0.1, 0.15) is 18.2 Å². The molecule has 0 atom stereocenters. The fraction of sp³-hybridized carbons (Fsp3) is 0.312. The Balaban J connectivity index is 1.70. The maximum absolute atomic E-state index is 13.4. The standard InChI is InChI=1S/C16H16ClFN2O/c17-15-9-19-6-5-11(15)10-21-16-4-1-13(18)7-12(16)8-20-14-2-3-14/h1,4-7,9,14,20H,2-3,8,10H2. The van der Waals surface area contributed by atoms with Gasteiger partial charge in [-0.1, -0.05) is 11.6 Å². The first kappa shape index (κ1) is 14.3. The maximum atomic E-state index is 13.4. The molecular weight excluding hydrogens is 291 g/mol. The van der Waals surface area contributed by atoms with E-state index in [4.69, 9.17) is 16.3 Å². The number of ether oxygens (including phenoxy) is 1. The number of nitrogens with one attached hydrogen (secondary N) is 1. The van der Waals surface area contributed by atoms with Crippen LogP contribution in [-0.4, -0.2) is 11.0 Å². The highest BCUT2D eigenvalue weighted by Gasteiger charge is 2.20. The molecule has 1 aliphatic carbocycles. The molecular formula is C16H16ClFN2O. The van der Waals surface area contributed by atoms with E-state index in [2.05, 4.69) is 10.3 Å². The van der Waals surface area contributed by atoms with Crippen LogP contribution in [0.1, 0.15) is 24.0 Å². The normalized spacial score (nSPS) is 14.2. The van der Waals surface area contributed by atoms with Crippen molar-refractivity contribution in [1.29, 1.82) is 0 Å². The highest BCUT2D eigenvalue weighted by Crippen LogP contribution is 2.25. The van der Waals surface area contributed by atoms with Crippen molar-refractivity contribution >= 4 is 11.6 Å². The van der Waals surface area contributed by atoms with Gasteiger partial charge in [-0.05, 0) is 37.1 Å². The molecule has 1 fully saturated rings. The van der Waals surface area contributed by atoms with Crippen LogP contribution in [0.3, 0.4) is 0 Å². The third-order valence-electron chi connectivity index (χ3n) is 3.42. The second-order valence-electron chi connectivity index (χ2n) is 5.16. The van der Waals surface area contributed by atoms with Gasteiger partial charge in [0.05, 0.1) is 5.02 Å². The minimum Gasteiger partial charge on any atom is -0.489 e. The van der Waals surface area contributed by atoms with E-state index < -0.39 is 0 Å². The van der Waals surface area contributed by atoms with E-state index in [0.717, 1.165) is 11.1 Å². The number of hydrogen-bond acceptors (Lipinski definition) is 3. The molecule has 0 radical (unpaired) electrons. The molecule has 0 spiro atoms. The molecule has 1 N–H and O–H groups in total. The van der Waals surface area contributed by atoms with Gasteiger partial charge in [-0.25, -0.2) is 4.39 Å². The van der Waals surface area contributed by atoms with Gasteiger partial charge in [0.15, 0.2) is 0 Å². The summed E-state index contributed by atoms with van der Waals surface area (Å²) in [5, 5.41) is 3.93. The van der Waals surface area contributed by atoms with Crippen molar-refractivity contribution in [2.45, 2.75) is 32.0 Å². The number of nitrogens with zero attached hydrogens (tertiary/aromatic N) is 1. The van der Waals surface area contributed by atoms with E-state index in [9.17, 15) is 4.39 Å². The minimum absolute atomic E-state index is 0.253. The molecule has 2 aromatic rings. The van der Waals surface area contributed by atoms with Gasteiger partial charge in [0.2, 0.25) is 0 Å². The summed E-state index contributed by atoms with van der Waals surface area (Å²) in [6.45, 7) is 0.950. The molecule has 110 valence electrons. The molecule has 3 nitrogen and oxygen atoms in total. The van der Waals surface area contributed by atoms with Gasteiger partial charge in [0.25, 0.3) is 0 Å². The number of benzene rings is 1. The van der Waals surface area contributed by atoms with Gasteiger partial charge in [0, 0.05) is 36.1 Å². The molecule has 0 unspecified atom stereocenters. The van der Waals surface area contributed by atoms with Crippen LogP contribution in [0.5, 0.6) is 5.75 Å². The molecule has 3 rings (SSSR count). The molecule has 1 heterocycles. The molecule has 5 heteroatoms. The van der Waals surface area contributed by atoms with Crippen LogP contribution in [0.15, 0.2) is 36.7 Å². The van der Waals surface area contributed by atoms with E-state index in [1.807, 2.05) is 6.07 Å². The Morgan fingerprint density at radius 2 is 2.14 bits per heavy atom. The summed E-state index contributed by atoms with van der Waals surface area (Å²) in [5.74, 6) is 0.425. The van der Waals surface area contributed by atoms with Crippen LogP contribution in [0.4, 0.5) is 4.39 Å². The van der Waals surface area contributed by atoms with Crippen LogP contribution < -0.4 is 10.1 Å². The molecule has 1 saturated carbocycles. The first-order valence-electron chi connectivity index (χ1n) is 6.95. The topological polar surface area (TPSA) is 34.1 Å². The van der Waals surface area contributed by atoms with Gasteiger partial charge in [-0.15, -0.1) is 0 Å². The van der Waals surface area contributed by atoms with Crippen LogP contribution >= 0.6 is 11.6 Å². The van der Waals surface area contributed by atoms with Gasteiger partial charge in [-0.3, -0.25) is 4.98 Å². The van der Waals surface area contributed by atoms with Crippen molar-refractivity contribution < 1.29 is 9.13 Å². The monoisotopic (exact) mass is 306 g/mol. The molecule has 1 aromatic heterocycles. The van der Waals surface area contributed by atoms with Crippen molar-refractivity contribution in [1.82, 2.24) is 10.3 Å². The average molecular weight is 307 g/mol. The van der Waals surface area contributed by atoms with Crippen LogP contribution in [0.25, 0.3) is 0 Å². The smallest absolute Gasteiger partial charge is 0.124 e. The predicted octanol–water partition coefficient (Wildman–Crippen LogP) is 3.71. The van der Waals surface area contributed by atoms with Gasteiger partial charge < -0.3 is 10.1 Å². The lowest BCUT2D eigenvalue weighted by Crippen LogP contribution is -2.16. The number of pyridine rings is 1. The zero-order valence-corrected chi connectivity index (χ0v) is 12.2. The zero-order valence-electron chi connectivity index (χ0n) is 11.5. The summed E-state index contributed by atoms with van der Waals surface area (Å²) in [5.41, 5.74) is 1.68. The number of hydrogen-bond donors (Lipinski definition) is 1. The third kappa shape index (κ3) is 3.93. The highest BCUT2D eigenvalue weighted by molar-refractivity contribution is 6.31. The lowest BCUT2D eigenvalue weighted by Gasteiger charge is -2.13. The summed E-state index contributed by atoms with van der Waals surface area (Å²) in [6, 6.07) is 6.96. The van der Waals surface area contributed by atoms with E-state index in [1.54, 1.807) is 18.5 Å². The van der Waals surface area contributed by atoms with E-state index >= 15 is 0 Å². The largest absolute Gasteiger partial charge is 0.489 e. The second kappa shape index (κ2) is 6.41. The summed E-state index contributed by atoms with van der Waals surface area (Å²) >= 11 is 6.05. The quantitative estimate of drug-likeness (QED) is 0.883. The van der Waals surface area contributed by atoms with E-state index in [0.29, 0.717) is 30.0 Å². The van der Waals surface area contributed by atoms with Crippen molar-refractivity contribution in [3.63, 3.8) is 0 Å². The number of rotatable bonds is 6. The Morgan fingerprint density at radius 1 is 1.29 bits per heavy atom. The molecule has 1 aliphatic rings. The van der Waals surface area contributed by atoms with Crippen molar-refractivity contribution in [2.24, 2.45) is 0 Å². The van der Waals surface area contributed by atoms with Crippen LogP contribution in [0, 0.1) is 5.82 Å². The molecule has 0 aliphatic heterocycles. The first-order chi connectivity index (χ1) is 10.2. The Morgan fingerprint density at radius 3 is 2.90 bits per heavy atom. The van der Waals surface area contributed by atoms with Crippen molar-refractivity contribution in [2.75, 3.05) is 0 Å². The fourth-order valence-corrected chi connectivity index (χ4v) is 2.22. The van der Waals surface area contributed by atoms with Crippen LogP contribution in [0.2, 0.25) is 5.02 Å². The van der Waals surface area contributed by atoms with E-state index in [1.165, 1.54) is 25.0 Å². The number of halogens is 2. The Bertz CT molecular complexity index is 631. The summed E-state index contributed by atoms with van der Waals surface area (Å²) in [6.07, 6.45) is 5.64. The summed E-state index contributed by atoms with van der Waals surface area (Å²) < 4.78 is 19.2. The Labute approximate surface area is 128 Å². The fourth-order valence-electron chi connectivity index (χ4n) is 2.05. The van der Waals surface area contributed by atoms with Gasteiger partial charge in [-0.2, -0.15) is 0 Å². The minimum atomic E-state index is -0.253. The molecule has 1 aromatic carbocycles. The molecule has 0 bridgehead atoms. The molecule has 0 saturated heterocycles. The number of aromatic nitrogens is 1. The summed E-state index contributed by atoms with van der Waals surface area (Å²) in [4.78, 5) is 3.94. The van der Waals surface area contributed by atoms with Crippen LogP contribution in [-0.2, 0) is 13.2 Å². The maximum Gasteiger partial charge on any atom is 0.124 e. The zero-order chi connectivity index (χ0) is 14.7. The highest BCUT2D eigenvalue weighted by atomic mass is 35.5. The third-order valence-corrected chi connectivity index (χ3v) is 3.76. The summed E-state index contributed by atoms with van der Waals surface area (Å²) in [7, 11) is 0. The lowest BCUT2D eigenvalue weighted by atomic mass is 10.2. The Kier molecular flexibility index (Phi) is 4.36. The second-order valence-corrected chi connectivity index (χ2v) is 5.57. The van der Waals surface area contributed by atoms with E-state index in [-0.39, 0.29) is 5.82 Å². The predicted molar refractivity (Wildman–Crippen MR) is 79.8 cm³/mol. The Hall–Kier alpha value is -1.65. The van der Waals surface area contributed by atoms with Crippen molar-refractivity contribution in [3.8, 4) is 5.75 Å². The average Bonchev–Trinajstić information content (AvgIpc) is 3.30. The first-order valence-corrected chi connectivity index (χ1v) is 7.33. The SMILES string of the molecule is Fc1ccc(OCc2ccncc2Cl)c(CNC2CC2)c1. The van der Waals surface area contributed by atoms with Crippen molar-refractivity contribution in [3.05, 3.63) is 58.6 Å². The molecule has 21 heavy (non-hydrogen) atoms.